The number of hydrogen-bond acceptors (Lipinski definition) is 4. The summed E-state index contributed by atoms with van der Waals surface area (Å²) in [5, 5.41) is 3.57. The molecule has 1 aromatic rings. The Morgan fingerprint density at radius 3 is 2.72 bits per heavy atom. The van der Waals surface area contributed by atoms with Gasteiger partial charge < -0.3 is 10.1 Å². The molecule has 2 aliphatic rings. The van der Waals surface area contributed by atoms with Crippen molar-refractivity contribution >= 4 is 51.4 Å². The van der Waals surface area contributed by atoms with Crippen LogP contribution in [0.3, 0.4) is 0 Å². The van der Waals surface area contributed by atoms with Gasteiger partial charge >= 0.3 is 5.97 Å². The van der Waals surface area contributed by atoms with Crippen molar-refractivity contribution in [2.45, 2.75) is 40.0 Å². The highest BCUT2D eigenvalue weighted by Crippen LogP contribution is 2.60. The zero-order valence-corrected chi connectivity index (χ0v) is 16.8. The number of carbonyl (C=O) groups is 2. The van der Waals surface area contributed by atoms with Crippen LogP contribution >= 0.6 is 34.5 Å². The lowest BCUT2D eigenvalue weighted by atomic mass is 10.1. The molecule has 25 heavy (non-hydrogen) atoms. The number of aryl methyl sites for hydroxylation is 1. The molecule has 1 saturated carbocycles. The van der Waals surface area contributed by atoms with Crippen molar-refractivity contribution in [3.63, 3.8) is 0 Å². The van der Waals surface area contributed by atoms with Crippen LogP contribution in [0.5, 0.6) is 0 Å². The molecule has 2 aliphatic carbocycles. The topological polar surface area (TPSA) is 55.4 Å². The molecule has 1 N–H and O–H groups in total. The summed E-state index contributed by atoms with van der Waals surface area (Å²) >= 11 is 13.0. The summed E-state index contributed by atoms with van der Waals surface area (Å²) in [6.45, 7) is 6.11. The smallest absolute Gasteiger partial charge is 0.341 e. The van der Waals surface area contributed by atoms with Gasteiger partial charge in [0, 0.05) is 4.88 Å². The molecule has 0 radical (unpaired) electrons. The lowest BCUT2D eigenvalue weighted by molar-refractivity contribution is -0.118. The van der Waals surface area contributed by atoms with Crippen molar-refractivity contribution in [3.8, 4) is 0 Å². The molecule has 1 aromatic heterocycles. The summed E-state index contributed by atoms with van der Waals surface area (Å²) in [6, 6.07) is 0. The van der Waals surface area contributed by atoms with E-state index in [1.165, 1.54) is 16.2 Å². The highest BCUT2D eigenvalue weighted by atomic mass is 35.5. The molecule has 0 bridgehead atoms. The number of nitrogens with one attached hydrogen (secondary N) is 1. The highest BCUT2D eigenvalue weighted by Gasteiger charge is 2.60. The fourth-order valence-corrected chi connectivity index (χ4v) is 5.28. The number of amides is 1. The van der Waals surface area contributed by atoms with Crippen LogP contribution < -0.4 is 5.32 Å². The maximum atomic E-state index is 12.8. The second-order valence-corrected chi connectivity index (χ2v) is 9.17. The normalized spacial score (nSPS) is 22.9. The number of rotatable bonds is 5. The van der Waals surface area contributed by atoms with Crippen molar-refractivity contribution in [1.29, 1.82) is 0 Å². The van der Waals surface area contributed by atoms with E-state index in [-0.39, 0.29) is 33.6 Å². The average molecular weight is 402 g/mol. The van der Waals surface area contributed by atoms with Crippen LogP contribution in [0.4, 0.5) is 5.00 Å². The highest BCUT2D eigenvalue weighted by molar-refractivity contribution is 7.17. The van der Waals surface area contributed by atoms with Crippen LogP contribution in [0.15, 0.2) is 10.6 Å². The first-order valence-electron chi connectivity index (χ1n) is 8.42. The van der Waals surface area contributed by atoms with E-state index in [1.54, 1.807) is 13.0 Å². The second kappa shape index (κ2) is 6.93. The van der Waals surface area contributed by atoms with Crippen molar-refractivity contribution < 1.29 is 14.3 Å². The average Bonchev–Trinajstić information content (AvgIpc) is 2.82. The second-order valence-electron chi connectivity index (χ2n) is 7.05. The van der Waals surface area contributed by atoms with Crippen LogP contribution in [-0.4, -0.2) is 18.5 Å². The molecule has 1 heterocycles. The molecule has 0 aliphatic heterocycles. The minimum absolute atomic E-state index is 0.00430. The van der Waals surface area contributed by atoms with Gasteiger partial charge in [0.05, 0.1) is 18.1 Å². The first-order chi connectivity index (χ1) is 11.8. The molecule has 1 fully saturated rings. The number of carbonyl (C=O) groups excluding carboxylic acids is 2. The molecule has 2 atom stereocenters. The van der Waals surface area contributed by atoms with Crippen molar-refractivity contribution in [2.24, 2.45) is 17.3 Å². The number of halogens is 2. The van der Waals surface area contributed by atoms with Crippen LogP contribution in [0.2, 0.25) is 0 Å². The third-order valence-corrected chi connectivity index (χ3v) is 6.60. The summed E-state index contributed by atoms with van der Waals surface area (Å²) in [6.07, 6.45) is 4.56. The number of thiophene rings is 1. The Bertz CT molecular complexity index is 750. The minimum atomic E-state index is -0.354. The van der Waals surface area contributed by atoms with E-state index >= 15 is 0 Å². The van der Waals surface area contributed by atoms with Gasteiger partial charge in [-0.1, -0.05) is 37.0 Å². The van der Waals surface area contributed by atoms with E-state index in [0.717, 1.165) is 24.8 Å². The Morgan fingerprint density at radius 1 is 1.36 bits per heavy atom. The van der Waals surface area contributed by atoms with Crippen molar-refractivity contribution in [2.75, 3.05) is 11.9 Å². The number of hydrogen-bond donors (Lipinski definition) is 1. The summed E-state index contributed by atoms with van der Waals surface area (Å²) in [7, 11) is 0. The van der Waals surface area contributed by atoms with E-state index in [9.17, 15) is 9.59 Å². The fraction of sp³-hybridized carbons (Fsp3) is 0.556. The molecular formula is C18H21Cl2NO3S. The van der Waals surface area contributed by atoms with Crippen LogP contribution in [0.25, 0.3) is 0 Å². The Kier molecular flexibility index (Phi) is 5.20. The number of ether oxygens (including phenoxy) is 1. The molecule has 0 aromatic carbocycles. The lowest BCUT2D eigenvalue weighted by Gasteiger charge is -2.08. The van der Waals surface area contributed by atoms with E-state index < -0.39 is 0 Å². The summed E-state index contributed by atoms with van der Waals surface area (Å²) in [5.41, 5.74) is 1.37. The Hall–Kier alpha value is -1.04. The Balaban J connectivity index is 1.83. The Labute approximate surface area is 161 Å². The van der Waals surface area contributed by atoms with Gasteiger partial charge in [-0.15, -0.1) is 11.3 Å². The minimum Gasteiger partial charge on any atom is -0.462 e. The molecule has 3 rings (SSSR count). The molecule has 4 nitrogen and oxygen atoms in total. The first kappa shape index (κ1) is 18.7. The van der Waals surface area contributed by atoms with Gasteiger partial charge in [0.1, 0.15) is 9.49 Å². The fourth-order valence-electron chi connectivity index (χ4n) is 3.73. The first-order valence-corrected chi connectivity index (χ1v) is 10.00. The van der Waals surface area contributed by atoms with Crippen LogP contribution in [0.1, 0.15) is 48.0 Å². The zero-order valence-electron chi connectivity index (χ0n) is 14.4. The number of anilines is 1. The number of esters is 1. The lowest BCUT2D eigenvalue weighted by Crippen LogP contribution is -2.18. The molecular weight excluding hydrogens is 381 g/mol. The van der Waals surface area contributed by atoms with Gasteiger partial charge in [-0.3, -0.25) is 4.79 Å². The molecule has 0 saturated heterocycles. The largest absolute Gasteiger partial charge is 0.462 e. The molecule has 7 heteroatoms. The summed E-state index contributed by atoms with van der Waals surface area (Å²) < 4.78 is 5.37. The van der Waals surface area contributed by atoms with Gasteiger partial charge in [0.2, 0.25) is 5.91 Å². The van der Waals surface area contributed by atoms with Crippen LogP contribution in [0, 0.1) is 17.3 Å². The quantitative estimate of drug-likeness (QED) is 0.710. The van der Waals surface area contributed by atoms with Gasteiger partial charge in [-0.25, -0.2) is 4.79 Å². The monoisotopic (exact) mass is 401 g/mol. The Morgan fingerprint density at radius 2 is 2.08 bits per heavy atom. The van der Waals surface area contributed by atoms with Gasteiger partial charge in [0.15, 0.2) is 0 Å². The number of fused-ring (bicyclic) bond motifs is 1. The standard InChI is InChI=1S/C18H21Cl2NO3S/c1-4-24-17(23)13-9-6-5-7-11(9)25-16(13)21-15(22)14-10(8-12(19)20)18(14,2)3/h8,10,14H,4-7H2,1-3H3,(H,21,22). The van der Waals surface area contributed by atoms with E-state index in [1.807, 2.05) is 13.8 Å². The summed E-state index contributed by atoms with van der Waals surface area (Å²) in [5.74, 6) is -0.679. The summed E-state index contributed by atoms with van der Waals surface area (Å²) in [4.78, 5) is 26.3. The molecule has 0 spiro atoms. The van der Waals surface area contributed by atoms with Gasteiger partial charge in [-0.2, -0.15) is 0 Å². The third-order valence-electron chi connectivity index (χ3n) is 5.14. The van der Waals surface area contributed by atoms with E-state index in [0.29, 0.717) is 17.2 Å². The van der Waals surface area contributed by atoms with Gasteiger partial charge in [-0.05, 0) is 49.2 Å². The predicted molar refractivity (Wildman–Crippen MR) is 101 cm³/mol. The van der Waals surface area contributed by atoms with Crippen LogP contribution in [-0.2, 0) is 22.4 Å². The van der Waals surface area contributed by atoms with Crippen molar-refractivity contribution in [1.82, 2.24) is 0 Å². The maximum absolute atomic E-state index is 12.8. The predicted octanol–water partition coefficient (Wildman–Crippen LogP) is 4.94. The van der Waals surface area contributed by atoms with Gasteiger partial charge in [0.25, 0.3) is 0 Å². The zero-order chi connectivity index (χ0) is 18.4. The SMILES string of the molecule is CCOC(=O)c1c(NC(=O)C2C(C=C(Cl)Cl)C2(C)C)sc2c1CCC2. The van der Waals surface area contributed by atoms with E-state index in [4.69, 9.17) is 27.9 Å². The van der Waals surface area contributed by atoms with E-state index in [2.05, 4.69) is 5.32 Å². The van der Waals surface area contributed by atoms with Crippen molar-refractivity contribution in [3.05, 3.63) is 26.6 Å². The third kappa shape index (κ3) is 3.46. The molecule has 136 valence electrons. The maximum Gasteiger partial charge on any atom is 0.341 e. The number of allylic oxidation sites excluding steroid dienone is 1. The molecule has 1 amide bonds. The molecule has 2 unspecified atom stereocenters.